The van der Waals surface area contributed by atoms with Crippen molar-refractivity contribution in [2.24, 2.45) is 0 Å². The standard InChI is InChI=1S/C18H20N4O2/c1-11-16(12(2)20-17(11)13(3)23)18(24)21(4)10-14-9-19-15-7-5-6-8-22(14)15/h5-9,20H,10H2,1-4H3. The van der Waals surface area contributed by atoms with Crippen molar-refractivity contribution in [3.05, 3.63) is 58.8 Å². The number of nitrogens with one attached hydrogen (secondary N) is 1. The van der Waals surface area contributed by atoms with E-state index in [1.807, 2.05) is 35.7 Å². The summed E-state index contributed by atoms with van der Waals surface area (Å²) in [5.41, 5.74) is 4.26. The minimum Gasteiger partial charge on any atom is -0.355 e. The Bertz CT molecular complexity index is 936. The second-order valence-corrected chi connectivity index (χ2v) is 6.02. The molecular weight excluding hydrogens is 304 g/mol. The molecule has 3 rings (SSSR count). The number of fused-ring (bicyclic) bond motifs is 1. The zero-order chi connectivity index (χ0) is 17.4. The fraction of sp³-hybridized carbons (Fsp3) is 0.278. The summed E-state index contributed by atoms with van der Waals surface area (Å²) >= 11 is 0. The minimum atomic E-state index is -0.111. The molecule has 3 heterocycles. The van der Waals surface area contributed by atoms with Crippen molar-refractivity contribution in [3.63, 3.8) is 0 Å². The number of nitrogens with zero attached hydrogens (tertiary/aromatic N) is 3. The van der Waals surface area contributed by atoms with Crippen LogP contribution in [-0.4, -0.2) is 38.0 Å². The van der Waals surface area contributed by atoms with Gasteiger partial charge < -0.3 is 14.3 Å². The maximum Gasteiger partial charge on any atom is 0.256 e. The van der Waals surface area contributed by atoms with Gasteiger partial charge in [-0.1, -0.05) is 6.07 Å². The van der Waals surface area contributed by atoms with Gasteiger partial charge in [0.2, 0.25) is 0 Å². The van der Waals surface area contributed by atoms with Gasteiger partial charge in [-0.05, 0) is 31.5 Å². The first kappa shape index (κ1) is 16.0. The molecule has 3 aromatic rings. The third kappa shape index (κ3) is 2.60. The predicted octanol–water partition coefficient (Wildman–Crippen LogP) is 2.75. The van der Waals surface area contributed by atoms with Crippen LogP contribution >= 0.6 is 0 Å². The molecule has 0 saturated heterocycles. The Labute approximate surface area is 140 Å². The number of hydrogen-bond donors (Lipinski definition) is 1. The molecule has 0 aromatic carbocycles. The van der Waals surface area contributed by atoms with Crippen molar-refractivity contribution in [3.8, 4) is 0 Å². The number of H-pyrrole nitrogens is 1. The van der Waals surface area contributed by atoms with Crippen LogP contribution in [0.4, 0.5) is 0 Å². The summed E-state index contributed by atoms with van der Waals surface area (Å²) in [4.78, 5) is 33.5. The molecule has 0 aliphatic rings. The molecule has 0 unspecified atom stereocenters. The molecule has 0 fully saturated rings. The number of ketones is 1. The average Bonchev–Trinajstić information content (AvgIpc) is 3.08. The van der Waals surface area contributed by atoms with E-state index < -0.39 is 0 Å². The van der Waals surface area contributed by atoms with E-state index >= 15 is 0 Å². The van der Waals surface area contributed by atoms with Gasteiger partial charge in [-0.15, -0.1) is 0 Å². The number of aromatic amines is 1. The van der Waals surface area contributed by atoms with Crippen molar-refractivity contribution >= 4 is 17.3 Å². The van der Waals surface area contributed by atoms with Crippen LogP contribution in [0.25, 0.3) is 5.65 Å². The van der Waals surface area contributed by atoms with Gasteiger partial charge in [-0.25, -0.2) is 4.98 Å². The fourth-order valence-corrected chi connectivity index (χ4v) is 3.03. The van der Waals surface area contributed by atoms with E-state index in [1.165, 1.54) is 6.92 Å². The van der Waals surface area contributed by atoms with Gasteiger partial charge >= 0.3 is 0 Å². The molecule has 0 aliphatic heterocycles. The van der Waals surface area contributed by atoms with Crippen LogP contribution in [0, 0.1) is 13.8 Å². The molecule has 0 radical (unpaired) electrons. The van der Waals surface area contributed by atoms with E-state index in [0.717, 1.165) is 11.3 Å². The van der Waals surface area contributed by atoms with Gasteiger partial charge in [0.05, 0.1) is 29.7 Å². The van der Waals surface area contributed by atoms with Crippen LogP contribution < -0.4 is 0 Å². The molecule has 0 bridgehead atoms. The highest BCUT2D eigenvalue weighted by Crippen LogP contribution is 2.21. The van der Waals surface area contributed by atoms with E-state index in [1.54, 1.807) is 25.1 Å². The SMILES string of the molecule is CC(=O)c1[nH]c(C)c(C(=O)N(C)Cc2cnc3ccccn23)c1C. The molecule has 124 valence electrons. The van der Waals surface area contributed by atoms with Crippen molar-refractivity contribution in [1.29, 1.82) is 0 Å². The first-order valence-electron chi connectivity index (χ1n) is 7.76. The van der Waals surface area contributed by atoms with Gasteiger partial charge in [0, 0.05) is 25.9 Å². The Morgan fingerprint density at radius 1 is 1.29 bits per heavy atom. The average molecular weight is 324 g/mol. The first-order chi connectivity index (χ1) is 11.4. The highest BCUT2D eigenvalue weighted by atomic mass is 16.2. The summed E-state index contributed by atoms with van der Waals surface area (Å²) in [5, 5.41) is 0. The molecule has 1 amide bonds. The zero-order valence-electron chi connectivity index (χ0n) is 14.3. The minimum absolute atomic E-state index is 0.0703. The lowest BCUT2D eigenvalue weighted by Crippen LogP contribution is -2.27. The molecule has 3 aromatic heterocycles. The smallest absolute Gasteiger partial charge is 0.256 e. The fourth-order valence-electron chi connectivity index (χ4n) is 3.03. The molecule has 0 atom stereocenters. The van der Waals surface area contributed by atoms with Crippen LogP contribution in [0.5, 0.6) is 0 Å². The number of carbonyl (C=O) groups excluding carboxylic acids is 2. The van der Waals surface area contributed by atoms with Gasteiger partial charge in [-0.3, -0.25) is 9.59 Å². The number of aromatic nitrogens is 3. The third-order valence-corrected chi connectivity index (χ3v) is 4.24. The van der Waals surface area contributed by atoms with E-state index in [2.05, 4.69) is 9.97 Å². The predicted molar refractivity (Wildman–Crippen MR) is 91.3 cm³/mol. The van der Waals surface area contributed by atoms with Crippen LogP contribution in [0.15, 0.2) is 30.6 Å². The van der Waals surface area contributed by atoms with Crippen LogP contribution in [0.3, 0.4) is 0 Å². The Morgan fingerprint density at radius 2 is 2.04 bits per heavy atom. The highest BCUT2D eigenvalue weighted by molar-refractivity contribution is 6.02. The second-order valence-electron chi connectivity index (χ2n) is 6.02. The summed E-state index contributed by atoms with van der Waals surface area (Å²) in [6, 6.07) is 5.78. The number of rotatable bonds is 4. The van der Waals surface area contributed by atoms with Crippen molar-refractivity contribution in [2.45, 2.75) is 27.3 Å². The van der Waals surface area contributed by atoms with E-state index in [4.69, 9.17) is 0 Å². The number of Topliss-reactive ketones (excluding diaryl/α,β-unsaturated/α-hetero) is 1. The number of pyridine rings is 1. The number of aryl methyl sites for hydroxylation is 1. The second kappa shape index (κ2) is 5.96. The maximum atomic E-state index is 12.8. The molecule has 24 heavy (non-hydrogen) atoms. The summed E-state index contributed by atoms with van der Waals surface area (Å²) < 4.78 is 1.96. The van der Waals surface area contributed by atoms with Gasteiger partial charge in [0.15, 0.2) is 5.78 Å². The lowest BCUT2D eigenvalue weighted by atomic mass is 10.1. The van der Waals surface area contributed by atoms with Crippen molar-refractivity contribution in [2.75, 3.05) is 7.05 Å². The monoisotopic (exact) mass is 324 g/mol. The van der Waals surface area contributed by atoms with Crippen molar-refractivity contribution < 1.29 is 9.59 Å². The van der Waals surface area contributed by atoms with E-state index in [9.17, 15) is 9.59 Å². The van der Waals surface area contributed by atoms with Crippen LogP contribution in [-0.2, 0) is 6.54 Å². The maximum absolute atomic E-state index is 12.8. The number of amides is 1. The van der Waals surface area contributed by atoms with E-state index in [-0.39, 0.29) is 11.7 Å². The Kier molecular flexibility index (Phi) is 3.97. The van der Waals surface area contributed by atoms with Gasteiger partial charge in [0.25, 0.3) is 5.91 Å². The summed E-state index contributed by atoms with van der Waals surface area (Å²) in [5.74, 6) is -0.182. The number of carbonyl (C=O) groups is 2. The Morgan fingerprint density at radius 3 is 2.71 bits per heavy atom. The quantitative estimate of drug-likeness (QED) is 0.750. The topological polar surface area (TPSA) is 70.5 Å². The van der Waals surface area contributed by atoms with Gasteiger partial charge in [-0.2, -0.15) is 0 Å². The molecule has 0 saturated carbocycles. The molecule has 6 nitrogen and oxygen atoms in total. The normalized spacial score (nSPS) is 11.0. The summed E-state index contributed by atoms with van der Waals surface area (Å²) in [6.45, 7) is 5.54. The lowest BCUT2D eigenvalue weighted by Gasteiger charge is -2.17. The molecular formula is C18H20N4O2. The van der Waals surface area contributed by atoms with Crippen LogP contribution in [0.2, 0.25) is 0 Å². The Hall–Kier alpha value is -2.89. The molecule has 0 aliphatic carbocycles. The van der Waals surface area contributed by atoms with Crippen molar-refractivity contribution in [1.82, 2.24) is 19.3 Å². The highest BCUT2D eigenvalue weighted by Gasteiger charge is 2.23. The van der Waals surface area contributed by atoms with Gasteiger partial charge in [0.1, 0.15) is 5.65 Å². The first-order valence-corrected chi connectivity index (χ1v) is 7.76. The summed E-state index contributed by atoms with van der Waals surface area (Å²) in [6.07, 6.45) is 3.70. The van der Waals surface area contributed by atoms with Crippen LogP contribution in [0.1, 0.15) is 44.7 Å². The lowest BCUT2D eigenvalue weighted by molar-refractivity contribution is 0.0782. The molecule has 1 N–H and O–H groups in total. The molecule has 0 spiro atoms. The number of imidazole rings is 1. The largest absolute Gasteiger partial charge is 0.355 e. The third-order valence-electron chi connectivity index (χ3n) is 4.24. The van der Waals surface area contributed by atoms with E-state index in [0.29, 0.717) is 29.1 Å². The molecule has 6 heteroatoms. The zero-order valence-corrected chi connectivity index (χ0v) is 14.3. The Balaban J connectivity index is 1.89. The summed E-state index contributed by atoms with van der Waals surface area (Å²) in [7, 11) is 1.75. The number of hydrogen-bond acceptors (Lipinski definition) is 3.